The molecule has 2 N–H and O–H groups in total. The van der Waals surface area contributed by atoms with Crippen LogP contribution in [0, 0.1) is 0 Å². The Morgan fingerprint density at radius 3 is 2.74 bits per heavy atom. The Kier molecular flexibility index (Phi) is 7.10. The van der Waals surface area contributed by atoms with Crippen LogP contribution in [0.3, 0.4) is 0 Å². The van der Waals surface area contributed by atoms with E-state index < -0.39 is 0 Å². The number of rotatable bonds is 7. The SMILES string of the molecule is COc1cccc(NC(=O)NCCSCc2ccc(Cl)cc2)c1. The first kappa shape index (κ1) is 17.5. The van der Waals surface area contributed by atoms with E-state index in [2.05, 4.69) is 10.6 Å². The van der Waals surface area contributed by atoms with Gasteiger partial charge in [-0.2, -0.15) is 11.8 Å². The Hall–Kier alpha value is -1.85. The Balaban J connectivity index is 1.63. The molecule has 2 rings (SSSR count). The van der Waals surface area contributed by atoms with Gasteiger partial charge in [0.25, 0.3) is 0 Å². The van der Waals surface area contributed by atoms with Crippen molar-refractivity contribution < 1.29 is 9.53 Å². The number of hydrogen-bond donors (Lipinski definition) is 2. The van der Waals surface area contributed by atoms with Gasteiger partial charge in [0.1, 0.15) is 5.75 Å². The number of carbonyl (C=O) groups is 1. The number of nitrogens with one attached hydrogen (secondary N) is 2. The summed E-state index contributed by atoms with van der Waals surface area (Å²) in [7, 11) is 1.59. The van der Waals surface area contributed by atoms with Crippen LogP contribution in [0.2, 0.25) is 5.02 Å². The lowest BCUT2D eigenvalue weighted by Crippen LogP contribution is -2.30. The summed E-state index contributed by atoms with van der Waals surface area (Å²) in [5.74, 6) is 2.45. The van der Waals surface area contributed by atoms with Gasteiger partial charge in [-0.05, 0) is 29.8 Å². The molecule has 0 saturated carbocycles. The van der Waals surface area contributed by atoms with Crippen LogP contribution < -0.4 is 15.4 Å². The van der Waals surface area contributed by atoms with E-state index >= 15 is 0 Å². The number of amides is 2. The first-order valence-corrected chi connectivity index (χ1v) is 8.72. The van der Waals surface area contributed by atoms with Crippen molar-refractivity contribution in [2.45, 2.75) is 5.75 Å². The van der Waals surface area contributed by atoms with E-state index in [9.17, 15) is 4.79 Å². The third-order valence-electron chi connectivity index (χ3n) is 3.04. The second kappa shape index (κ2) is 9.33. The van der Waals surface area contributed by atoms with Crippen molar-refractivity contribution in [1.82, 2.24) is 5.32 Å². The van der Waals surface area contributed by atoms with Gasteiger partial charge in [0.05, 0.1) is 7.11 Å². The molecule has 0 saturated heterocycles. The molecule has 23 heavy (non-hydrogen) atoms. The number of ether oxygens (including phenoxy) is 1. The predicted molar refractivity (Wildman–Crippen MR) is 97.6 cm³/mol. The van der Waals surface area contributed by atoms with Crippen molar-refractivity contribution >= 4 is 35.1 Å². The van der Waals surface area contributed by atoms with Gasteiger partial charge >= 0.3 is 6.03 Å². The van der Waals surface area contributed by atoms with Crippen LogP contribution in [-0.2, 0) is 5.75 Å². The zero-order valence-corrected chi connectivity index (χ0v) is 14.4. The van der Waals surface area contributed by atoms with E-state index in [1.165, 1.54) is 5.56 Å². The standard InChI is InChI=1S/C17H19ClN2O2S/c1-22-16-4-2-3-15(11-16)20-17(21)19-9-10-23-12-13-5-7-14(18)8-6-13/h2-8,11H,9-10,12H2,1H3,(H2,19,20,21). The molecule has 0 radical (unpaired) electrons. The van der Waals surface area contributed by atoms with Gasteiger partial charge in [0.15, 0.2) is 0 Å². The molecule has 0 aromatic heterocycles. The molecule has 0 aliphatic heterocycles. The fourth-order valence-electron chi connectivity index (χ4n) is 1.88. The Bertz CT molecular complexity index is 635. The molecule has 4 nitrogen and oxygen atoms in total. The van der Waals surface area contributed by atoms with E-state index in [4.69, 9.17) is 16.3 Å². The van der Waals surface area contributed by atoms with Gasteiger partial charge in [-0.1, -0.05) is 29.8 Å². The quantitative estimate of drug-likeness (QED) is 0.727. The van der Waals surface area contributed by atoms with E-state index in [0.29, 0.717) is 18.0 Å². The van der Waals surface area contributed by atoms with Crippen LogP contribution in [0.4, 0.5) is 10.5 Å². The minimum Gasteiger partial charge on any atom is -0.497 e. The Morgan fingerprint density at radius 2 is 2.00 bits per heavy atom. The normalized spacial score (nSPS) is 10.2. The summed E-state index contributed by atoms with van der Waals surface area (Å²) in [6.07, 6.45) is 0. The molecule has 0 aliphatic rings. The van der Waals surface area contributed by atoms with E-state index in [1.54, 1.807) is 24.9 Å². The highest BCUT2D eigenvalue weighted by molar-refractivity contribution is 7.98. The number of halogens is 1. The minimum absolute atomic E-state index is 0.217. The first-order valence-electron chi connectivity index (χ1n) is 7.18. The number of hydrogen-bond acceptors (Lipinski definition) is 3. The molecule has 0 atom stereocenters. The third-order valence-corrected chi connectivity index (χ3v) is 4.32. The van der Waals surface area contributed by atoms with Gasteiger partial charge in [0.2, 0.25) is 0 Å². The topological polar surface area (TPSA) is 50.4 Å². The molecule has 2 amide bonds. The zero-order valence-electron chi connectivity index (χ0n) is 12.8. The van der Waals surface area contributed by atoms with E-state index in [1.807, 2.05) is 42.5 Å². The molecular weight excluding hydrogens is 332 g/mol. The molecule has 6 heteroatoms. The fourth-order valence-corrected chi connectivity index (χ4v) is 2.83. The summed E-state index contributed by atoms with van der Waals surface area (Å²) in [4.78, 5) is 11.8. The summed E-state index contributed by atoms with van der Waals surface area (Å²) in [5.41, 5.74) is 1.93. The molecule has 0 bridgehead atoms. The highest BCUT2D eigenvalue weighted by Gasteiger charge is 2.02. The van der Waals surface area contributed by atoms with Crippen LogP contribution in [0.1, 0.15) is 5.56 Å². The fraction of sp³-hybridized carbons (Fsp3) is 0.235. The average Bonchev–Trinajstić information content (AvgIpc) is 2.56. The number of carbonyl (C=O) groups excluding carboxylic acids is 1. The molecule has 2 aromatic rings. The van der Waals surface area contributed by atoms with E-state index in [-0.39, 0.29) is 6.03 Å². The maximum atomic E-state index is 11.8. The summed E-state index contributed by atoms with van der Waals surface area (Å²) in [6.45, 7) is 0.605. The molecule has 0 aliphatic carbocycles. The average molecular weight is 351 g/mol. The molecule has 2 aromatic carbocycles. The lowest BCUT2D eigenvalue weighted by molar-refractivity contribution is 0.252. The van der Waals surface area contributed by atoms with Crippen LogP contribution in [0.5, 0.6) is 5.75 Å². The number of anilines is 1. The molecular formula is C17H19ClN2O2S. The molecule has 122 valence electrons. The maximum Gasteiger partial charge on any atom is 0.319 e. The molecule has 0 spiro atoms. The first-order chi connectivity index (χ1) is 11.2. The number of urea groups is 1. The summed E-state index contributed by atoms with van der Waals surface area (Å²) < 4.78 is 5.12. The van der Waals surface area contributed by atoms with Crippen molar-refractivity contribution in [3.63, 3.8) is 0 Å². The highest BCUT2D eigenvalue weighted by atomic mass is 35.5. The van der Waals surface area contributed by atoms with Gasteiger partial charge in [0, 0.05) is 34.8 Å². The van der Waals surface area contributed by atoms with Gasteiger partial charge < -0.3 is 15.4 Å². The monoisotopic (exact) mass is 350 g/mol. The zero-order chi connectivity index (χ0) is 16.5. The summed E-state index contributed by atoms with van der Waals surface area (Å²) in [5, 5.41) is 6.35. The number of methoxy groups -OCH3 is 1. The molecule has 0 heterocycles. The second-order valence-corrected chi connectivity index (χ2v) is 6.33. The van der Waals surface area contributed by atoms with Crippen LogP contribution in [0.15, 0.2) is 48.5 Å². The lowest BCUT2D eigenvalue weighted by atomic mass is 10.2. The minimum atomic E-state index is -0.217. The lowest BCUT2D eigenvalue weighted by Gasteiger charge is -2.08. The third kappa shape index (κ3) is 6.42. The van der Waals surface area contributed by atoms with Crippen LogP contribution in [-0.4, -0.2) is 25.4 Å². The van der Waals surface area contributed by atoms with Gasteiger partial charge in [-0.25, -0.2) is 4.79 Å². The van der Waals surface area contributed by atoms with Crippen molar-refractivity contribution in [1.29, 1.82) is 0 Å². The smallest absolute Gasteiger partial charge is 0.319 e. The van der Waals surface area contributed by atoms with Crippen molar-refractivity contribution in [3.8, 4) is 5.75 Å². The number of thioether (sulfide) groups is 1. The van der Waals surface area contributed by atoms with E-state index in [0.717, 1.165) is 16.5 Å². The summed E-state index contributed by atoms with van der Waals surface area (Å²) >= 11 is 7.61. The maximum absolute atomic E-state index is 11.8. The van der Waals surface area contributed by atoms with Gasteiger partial charge in [-0.15, -0.1) is 0 Å². The highest BCUT2D eigenvalue weighted by Crippen LogP contribution is 2.17. The predicted octanol–water partition coefficient (Wildman–Crippen LogP) is 4.40. The Labute approximate surface area is 145 Å². The second-order valence-electron chi connectivity index (χ2n) is 4.79. The van der Waals surface area contributed by atoms with Crippen molar-refractivity contribution in [2.75, 3.05) is 24.7 Å². The van der Waals surface area contributed by atoms with Crippen molar-refractivity contribution in [3.05, 3.63) is 59.1 Å². The van der Waals surface area contributed by atoms with Gasteiger partial charge in [-0.3, -0.25) is 0 Å². The van der Waals surface area contributed by atoms with Crippen LogP contribution >= 0.6 is 23.4 Å². The largest absolute Gasteiger partial charge is 0.497 e. The number of benzene rings is 2. The van der Waals surface area contributed by atoms with Crippen LogP contribution in [0.25, 0.3) is 0 Å². The van der Waals surface area contributed by atoms with Crippen molar-refractivity contribution in [2.24, 2.45) is 0 Å². The molecule has 0 unspecified atom stereocenters. The molecule has 0 fully saturated rings. The summed E-state index contributed by atoms with van der Waals surface area (Å²) in [6, 6.07) is 14.8. The Morgan fingerprint density at radius 1 is 1.22 bits per heavy atom.